The maximum Gasteiger partial charge on any atom is 0.433 e. The van der Waals surface area contributed by atoms with Gasteiger partial charge in [-0.15, -0.1) is 11.3 Å². The van der Waals surface area contributed by atoms with Crippen molar-refractivity contribution in [2.45, 2.75) is 12.7 Å². The van der Waals surface area contributed by atoms with Crippen LogP contribution in [0.3, 0.4) is 0 Å². The summed E-state index contributed by atoms with van der Waals surface area (Å²) in [6, 6.07) is 3.03. The molecule has 0 radical (unpaired) electrons. The molecule has 2 aromatic rings. The van der Waals surface area contributed by atoms with E-state index in [1.807, 2.05) is 0 Å². The number of thiazole rings is 1. The first kappa shape index (κ1) is 16.9. The molecule has 0 saturated heterocycles. The number of amides is 2. The third-order valence-electron chi connectivity index (χ3n) is 2.68. The number of carbonyl (C=O) groups excluding carboxylic acids is 2. The minimum absolute atomic E-state index is 0.125. The van der Waals surface area contributed by atoms with Crippen molar-refractivity contribution in [2.75, 3.05) is 12.4 Å². The number of pyridine rings is 1. The molecule has 10 heteroatoms. The number of likely N-dealkylation sites (N-methyl/N-ethyl adjacent to an activating group) is 1. The molecule has 0 fully saturated rings. The highest BCUT2D eigenvalue weighted by atomic mass is 32.1. The molecule has 0 aliphatic rings. The molecular formula is C13H11F3N4O2S. The quantitative estimate of drug-likeness (QED) is 0.866. The zero-order chi connectivity index (χ0) is 17.0. The van der Waals surface area contributed by atoms with E-state index in [0.29, 0.717) is 5.01 Å². The van der Waals surface area contributed by atoms with Crippen molar-refractivity contribution < 1.29 is 22.8 Å². The van der Waals surface area contributed by atoms with E-state index < -0.39 is 23.7 Å². The monoisotopic (exact) mass is 344 g/mol. The van der Waals surface area contributed by atoms with Gasteiger partial charge in [-0.2, -0.15) is 13.2 Å². The first-order chi connectivity index (χ1) is 10.8. The van der Waals surface area contributed by atoms with Crippen LogP contribution in [0.1, 0.15) is 10.7 Å². The van der Waals surface area contributed by atoms with Crippen molar-refractivity contribution >= 4 is 29.0 Å². The SMILES string of the molecule is CN(Cc1nccs1)C(=O)C(=O)Nc1cccc(C(F)(F)F)n1. The second-order valence-corrected chi connectivity index (χ2v) is 5.43. The van der Waals surface area contributed by atoms with Gasteiger partial charge in [-0.1, -0.05) is 6.07 Å². The molecule has 122 valence electrons. The number of aromatic nitrogens is 2. The van der Waals surface area contributed by atoms with Gasteiger partial charge in [0.2, 0.25) is 0 Å². The van der Waals surface area contributed by atoms with E-state index in [0.717, 1.165) is 17.0 Å². The molecular weight excluding hydrogens is 333 g/mol. The van der Waals surface area contributed by atoms with E-state index in [1.54, 1.807) is 11.6 Å². The van der Waals surface area contributed by atoms with Crippen LogP contribution < -0.4 is 5.32 Å². The highest BCUT2D eigenvalue weighted by Crippen LogP contribution is 2.28. The number of anilines is 1. The highest BCUT2D eigenvalue weighted by molar-refractivity contribution is 7.09. The maximum atomic E-state index is 12.5. The molecule has 0 unspecified atom stereocenters. The van der Waals surface area contributed by atoms with Gasteiger partial charge in [-0.25, -0.2) is 9.97 Å². The van der Waals surface area contributed by atoms with Gasteiger partial charge in [0.15, 0.2) is 0 Å². The Hall–Kier alpha value is -2.49. The van der Waals surface area contributed by atoms with Crippen molar-refractivity contribution in [1.29, 1.82) is 0 Å². The molecule has 23 heavy (non-hydrogen) atoms. The standard InChI is InChI=1S/C13H11F3N4O2S/c1-20(7-10-17-5-6-23-10)12(22)11(21)19-9-4-2-3-8(18-9)13(14,15)16/h2-6H,7H2,1H3,(H,18,19,21). The highest BCUT2D eigenvalue weighted by Gasteiger charge is 2.32. The Bertz CT molecular complexity index is 703. The summed E-state index contributed by atoms with van der Waals surface area (Å²) in [5.41, 5.74) is -1.15. The third kappa shape index (κ3) is 4.49. The van der Waals surface area contributed by atoms with Crippen LogP contribution in [0.5, 0.6) is 0 Å². The molecule has 0 spiro atoms. The van der Waals surface area contributed by atoms with E-state index in [9.17, 15) is 22.8 Å². The molecule has 2 aromatic heterocycles. The zero-order valence-corrected chi connectivity index (χ0v) is 12.6. The van der Waals surface area contributed by atoms with Crippen LogP contribution >= 0.6 is 11.3 Å². The van der Waals surface area contributed by atoms with Crippen LogP contribution in [0.25, 0.3) is 0 Å². The maximum absolute atomic E-state index is 12.5. The van der Waals surface area contributed by atoms with Crippen LogP contribution in [-0.2, 0) is 22.3 Å². The predicted molar refractivity (Wildman–Crippen MR) is 76.5 cm³/mol. The smallest absolute Gasteiger partial charge is 0.331 e. The Morgan fingerprint density at radius 3 is 2.70 bits per heavy atom. The molecule has 0 aliphatic heterocycles. The van der Waals surface area contributed by atoms with Crippen LogP contribution in [0.2, 0.25) is 0 Å². The minimum Gasteiger partial charge on any atom is -0.331 e. The Morgan fingerprint density at radius 2 is 2.09 bits per heavy atom. The topological polar surface area (TPSA) is 75.2 Å². The van der Waals surface area contributed by atoms with Gasteiger partial charge < -0.3 is 10.2 Å². The summed E-state index contributed by atoms with van der Waals surface area (Å²) in [6.45, 7) is 0.125. The summed E-state index contributed by atoms with van der Waals surface area (Å²) in [5.74, 6) is -2.32. The molecule has 2 rings (SSSR count). The number of nitrogens with zero attached hydrogens (tertiary/aromatic N) is 3. The Labute approximate surface area is 133 Å². The van der Waals surface area contributed by atoms with E-state index in [1.165, 1.54) is 24.5 Å². The molecule has 6 nitrogen and oxygen atoms in total. The number of hydrogen-bond donors (Lipinski definition) is 1. The molecule has 0 saturated carbocycles. The van der Waals surface area contributed by atoms with E-state index in [-0.39, 0.29) is 12.4 Å². The van der Waals surface area contributed by atoms with Gasteiger partial charge in [-0.3, -0.25) is 9.59 Å². The molecule has 1 N–H and O–H groups in total. The lowest BCUT2D eigenvalue weighted by atomic mass is 10.3. The van der Waals surface area contributed by atoms with Crippen molar-refractivity contribution in [3.8, 4) is 0 Å². The molecule has 2 heterocycles. The average Bonchev–Trinajstić information content (AvgIpc) is 2.98. The van der Waals surface area contributed by atoms with Crippen LogP contribution in [-0.4, -0.2) is 33.7 Å². The lowest BCUT2D eigenvalue weighted by Gasteiger charge is -2.15. The van der Waals surface area contributed by atoms with Crippen molar-refractivity contribution in [1.82, 2.24) is 14.9 Å². The molecule has 0 atom stereocenters. The zero-order valence-electron chi connectivity index (χ0n) is 11.8. The lowest BCUT2D eigenvalue weighted by Crippen LogP contribution is -2.36. The number of hydrogen-bond acceptors (Lipinski definition) is 5. The first-order valence-electron chi connectivity index (χ1n) is 6.26. The first-order valence-corrected chi connectivity index (χ1v) is 7.14. The van der Waals surface area contributed by atoms with Crippen molar-refractivity contribution in [3.05, 3.63) is 40.5 Å². The fourth-order valence-electron chi connectivity index (χ4n) is 1.61. The van der Waals surface area contributed by atoms with Gasteiger partial charge in [-0.05, 0) is 12.1 Å². The fraction of sp³-hybridized carbons (Fsp3) is 0.231. The van der Waals surface area contributed by atoms with Gasteiger partial charge >= 0.3 is 18.0 Å². The Balaban J connectivity index is 2.02. The van der Waals surface area contributed by atoms with E-state index >= 15 is 0 Å². The average molecular weight is 344 g/mol. The number of nitrogens with one attached hydrogen (secondary N) is 1. The number of carbonyl (C=O) groups is 2. The Morgan fingerprint density at radius 1 is 1.35 bits per heavy atom. The second-order valence-electron chi connectivity index (χ2n) is 4.45. The van der Waals surface area contributed by atoms with Gasteiger partial charge in [0.1, 0.15) is 16.5 Å². The van der Waals surface area contributed by atoms with Gasteiger partial charge in [0, 0.05) is 18.6 Å². The van der Waals surface area contributed by atoms with Crippen LogP contribution in [0.15, 0.2) is 29.8 Å². The summed E-state index contributed by atoms with van der Waals surface area (Å²) in [5, 5.41) is 4.41. The summed E-state index contributed by atoms with van der Waals surface area (Å²) in [7, 11) is 1.39. The molecule has 0 bridgehead atoms. The summed E-state index contributed by atoms with van der Waals surface area (Å²) in [6.07, 6.45) is -3.07. The summed E-state index contributed by atoms with van der Waals surface area (Å²) in [4.78, 5) is 32.1. The molecule has 0 aromatic carbocycles. The summed E-state index contributed by atoms with van der Waals surface area (Å²) >= 11 is 1.31. The fourth-order valence-corrected chi connectivity index (χ4v) is 2.28. The van der Waals surface area contributed by atoms with Gasteiger partial charge in [0.25, 0.3) is 0 Å². The second kappa shape index (κ2) is 6.73. The number of halogens is 3. The van der Waals surface area contributed by atoms with E-state index in [4.69, 9.17) is 0 Å². The number of rotatable bonds is 3. The largest absolute Gasteiger partial charge is 0.433 e. The summed E-state index contributed by atoms with van der Waals surface area (Å²) < 4.78 is 37.6. The van der Waals surface area contributed by atoms with Gasteiger partial charge in [0.05, 0.1) is 6.54 Å². The molecule has 0 aliphatic carbocycles. The number of alkyl halides is 3. The third-order valence-corrected chi connectivity index (χ3v) is 3.44. The van der Waals surface area contributed by atoms with E-state index in [2.05, 4.69) is 15.3 Å². The molecule has 2 amide bonds. The van der Waals surface area contributed by atoms with Crippen molar-refractivity contribution in [2.24, 2.45) is 0 Å². The normalized spacial score (nSPS) is 11.1. The van der Waals surface area contributed by atoms with Crippen LogP contribution in [0, 0.1) is 0 Å². The minimum atomic E-state index is -4.63. The van der Waals surface area contributed by atoms with Crippen molar-refractivity contribution in [3.63, 3.8) is 0 Å². The Kier molecular flexibility index (Phi) is 4.94. The predicted octanol–water partition coefficient (Wildman–Crippen LogP) is 2.15. The lowest BCUT2D eigenvalue weighted by molar-refractivity contribution is -0.142. The van der Waals surface area contributed by atoms with Crippen LogP contribution in [0.4, 0.5) is 19.0 Å².